The number of hydrogen-bond acceptors (Lipinski definition) is 6. The highest BCUT2D eigenvalue weighted by molar-refractivity contribution is 6.26. The minimum Gasteiger partial charge on any atom is -0.309 e. The molecule has 0 spiro atoms. The molecule has 382 valence electrons. The van der Waals surface area contributed by atoms with E-state index < -0.39 is 0 Å². The van der Waals surface area contributed by atoms with Crippen LogP contribution < -0.4 is 0 Å². The van der Waals surface area contributed by atoms with Gasteiger partial charge in [-0.05, 0) is 60.7 Å². The Bertz CT molecular complexity index is 5270. The summed E-state index contributed by atoms with van der Waals surface area (Å²) in [5.41, 5.74) is 14.2. The van der Waals surface area contributed by atoms with Crippen LogP contribution in [0.25, 0.3) is 156 Å². The minimum atomic E-state index is 0.550. The van der Waals surface area contributed by atoms with Crippen LogP contribution in [0.2, 0.25) is 0 Å². The Hall–Kier alpha value is -11.4. The maximum absolute atomic E-state index is 5.27. The van der Waals surface area contributed by atoms with Crippen LogP contribution >= 0.6 is 0 Å². The van der Waals surface area contributed by atoms with Gasteiger partial charge in [0.05, 0.1) is 44.1 Å². The minimum absolute atomic E-state index is 0.550. The lowest BCUT2D eigenvalue weighted by molar-refractivity contribution is 0.953. The van der Waals surface area contributed by atoms with Crippen molar-refractivity contribution < 1.29 is 0 Å². The molecule has 0 bridgehead atoms. The number of aromatic nitrogens is 10. The van der Waals surface area contributed by atoms with E-state index in [9.17, 15) is 0 Å². The smallest absolute Gasteiger partial charge is 0.238 e. The highest BCUT2D eigenvalue weighted by Gasteiger charge is 2.25. The van der Waals surface area contributed by atoms with Gasteiger partial charge in [0, 0.05) is 76.7 Å². The number of rotatable bonds is 8. The molecule has 0 radical (unpaired) electrons. The van der Waals surface area contributed by atoms with Crippen LogP contribution in [0.3, 0.4) is 0 Å². The van der Waals surface area contributed by atoms with Crippen LogP contribution in [0, 0.1) is 0 Å². The molecular formula is C72H44N10. The van der Waals surface area contributed by atoms with Crippen molar-refractivity contribution in [3.05, 3.63) is 267 Å². The normalized spacial score (nSPS) is 11.9. The number of benzene rings is 11. The summed E-state index contributed by atoms with van der Waals surface area (Å²) in [7, 11) is 0. The zero-order valence-electron chi connectivity index (χ0n) is 43.9. The van der Waals surface area contributed by atoms with Crippen LogP contribution in [0.5, 0.6) is 0 Å². The van der Waals surface area contributed by atoms with E-state index in [0.717, 1.165) is 115 Å². The fraction of sp³-hybridized carbons (Fsp3) is 0. The average Bonchev–Trinajstić information content (AvgIpc) is 2.17. The molecule has 0 aliphatic heterocycles. The Kier molecular flexibility index (Phi) is 10.1. The third kappa shape index (κ3) is 7.01. The van der Waals surface area contributed by atoms with Gasteiger partial charge in [-0.1, -0.05) is 206 Å². The fourth-order valence-corrected chi connectivity index (χ4v) is 12.5. The van der Waals surface area contributed by atoms with Crippen molar-refractivity contribution in [2.75, 3.05) is 0 Å². The molecule has 0 saturated heterocycles. The lowest BCUT2D eigenvalue weighted by Crippen LogP contribution is -2.06. The van der Waals surface area contributed by atoms with E-state index in [1.807, 2.05) is 72.8 Å². The summed E-state index contributed by atoms with van der Waals surface area (Å²) in [5, 5.41) is 8.99. The van der Waals surface area contributed by atoms with Gasteiger partial charge in [0.2, 0.25) is 11.9 Å². The van der Waals surface area contributed by atoms with Crippen molar-refractivity contribution in [2.24, 2.45) is 0 Å². The molecule has 0 atom stereocenters. The van der Waals surface area contributed by atoms with Gasteiger partial charge in [0.1, 0.15) is 0 Å². The van der Waals surface area contributed by atoms with Gasteiger partial charge in [-0.15, -0.1) is 0 Å². The summed E-state index contributed by atoms with van der Waals surface area (Å²) < 4.78 is 9.30. The van der Waals surface area contributed by atoms with Gasteiger partial charge in [-0.25, -0.2) is 9.97 Å². The van der Waals surface area contributed by atoms with E-state index >= 15 is 0 Å². The first-order chi connectivity index (χ1) is 40.7. The molecular weight excluding hydrogens is 1000 g/mol. The molecule has 82 heavy (non-hydrogen) atoms. The summed E-state index contributed by atoms with van der Waals surface area (Å²) >= 11 is 0. The number of fused-ring (bicyclic) bond motifs is 13. The van der Waals surface area contributed by atoms with Gasteiger partial charge < -0.3 is 9.13 Å². The van der Waals surface area contributed by atoms with Gasteiger partial charge in [-0.2, -0.15) is 19.9 Å². The molecule has 0 N–H and O–H groups in total. The van der Waals surface area contributed by atoms with Gasteiger partial charge >= 0.3 is 0 Å². The van der Waals surface area contributed by atoms with E-state index in [2.05, 4.69) is 212 Å². The van der Waals surface area contributed by atoms with Crippen molar-refractivity contribution in [3.8, 4) is 68.8 Å². The van der Waals surface area contributed by atoms with Crippen LogP contribution in [0.15, 0.2) is 267 Å². The third-order valence-electron chi connectivity index (χ3n) is 16.1. The zero-order valence-corrected chi connectivity index (χ0v) is 43.9. The van der Waals surface area contributed by atoms with Crippen molar-refractivity contribution in [1.82, 2.24) is 48.2 Å². The van der Waals surface area contributed by atoms with Crippen molar-refractivity contribution in [3.63, 3.8) is 0 Å². The Morgan fingerprint density at radius 1 is 0.207 bits per heavy atom. The molecule has 10 nitrogen and oxygen atoms in total. The third-order valence-corrected chi connectivity index (χ3v) is 16.1. The number of nitrogens with zero attached hydrogens (tertiary/aromatic N) is 10. The molecule has 6 aromatic heterocycles. The van der Waals surface area contributed by atoms with E-state index in [1.165, 1.54) is 5.39 Å². The Morgan fingerprint density at radius 3 is 1.04 bits per heavy atom. The molecule has 6 heterocycles. The zero-order chi connectivity index (χ0) is 53.8. The van der Waals surface area contributed by atoms with Crippen molar-refractivity contribution in [2.45, 2.75) is 0 Å². The molecule has 0 saturated carbocycles. The summed E-state index contributed by atoms with van der Waals surface area (Å²) in [6, 6.07) is 93.5. The number of hydrogen-bond donors (Lipinski definition) is 0. The summed E-state index contributed by atoms with van der Waals surface area (Å²) in [6.07, 6.45) is 0. The van der Waals surface area contributed by atoms with Crippen molar-refractivity contribution >= 4 is 87.2 Å². The van der Waals surface area contributed by atoms with E-state index in [4.69, 9.17) is 29.9 Å². The highest BCUT2D eigenvalue weighted by Crippen LogP contribution is 2.44. The number of para-hydroxylation sites is 4. The molecule has 0 aliphatic carbocycles. The fourth-order valence-electron chi connectivity index (χ4n) is 12.5. The van der Waals surface area contributed by atoms with Gasteiger partial charge in [0.15, 0.2) is 23.3 Å². The predicted octanol–water partition coefficient (Wildman–Crippen LogP) is 17.1. The van der Waals surface area contributed by atoms with Crippen LogP contribution in [0.1, 0.15) is 0 Å². The van der Waals surface area contributed by atoms with Crippen LogP contribution in [-0.2, 0) is 0 Å². The first-order valence-corrected chi connectivity index (χ1v) is 27.5. The first-order valence-electron chi connectivity index (χ1n) is 27.5. The monoisotopic (exact) mass is 1050 g/mol. The Morgan fingerprint density at radius 2 is 0.561 bits per heavy atom. The summed E-state index contributed by atoms with van der Waals surface area (Å²) in [5.74, 6) is 3.54. The molecule has 17 rings (SSSR count). The summed E-state index contributed by atoms with van der Waals surface area (Å²) in [6.45, 7) is 0. The molecule has 0 fully saturated rings. The van der Waals surface area contributed by atoms with Crippen molar-refractivity contribution in [1.29, 1.82) is 0 Å². The second kappa shape index (κ2) is 18.1. The van der Waals surface area contributed by atoms with Gasteiger partial charge in [0.25, 0.3) is 0 Å². The topological polar surface area (TPSA) is 97.1 Å². The maximum atomic E-state index is 5.27. The maximum Gasteiger partial charge on any atom is 0.238 e. The molecule has 0 amide bonds. The van der Waals surface area contributed by atoms with Gasteiger partial charge in [-0.3, -0.25) is 9.13 Å². The lowest BCUT2D eigenvalue weighted by Gasteiger charge is -2.14. The first kappa shape index (κ1) is 45.6. The standard InChI is InChI=1S/C72H44N10/c1-5-22-45(23-6-1)67-73-68(46-24-7-2-8-25-46)76-71(75-67)81-61-39-20-16-35-55(61)65-62(81)41-40-54-51-32-13-18-37-59(51)80(66(54)65)50-31-21-30-49(42-50)79-58-36-17-14-33-52(58)56-44-64-57(43-63(56)79)53-34-15-19-38-60(53)82(64)72-77-69(47-26-9-3-10-27-47)74-70(78-72)48-28-11-4-12-29-48/h1-44H. The average molecular weight is 1050 g/mol. The Labute approximate surface area is 468 Å². The SMILES string of the molecule is c1ccc(-c2nc(-c3ccccc3)nc(-n3c4ccccc4c4cc5c(cc43)c3ccccc3n5-c3cccc(-n4c5ccccc5c5ccc6c(c7ccccc7n6-c6nc(-c7ccccc7)nc(-c7ccccc7)n6)c54)c3)n2)cc1. The second-order valence-electron chi connectivity index (χ2n) is 20.7. The van der Waals surface area contributed by atoms with E-state index in [0.29, 0.717) is 35.2 Å². The molecule has 17 aromatic rings. The quantitative estimate of drug-likeness (QED) is 0.150. The largest absolute Gasteiger partial charge is 0.309 e. The lowest BCUT2D eigenvalue weighted by atomic mass is 10.1. The highest BCUT2D eigenvalue weighted by atomic mass is 15.2. The molecule has 11 aromatic carbocycles. The Balaban J connectivity index is 0.891. The van der Waals surface area contributed by atoms with Crippen LogP contribution in [-0.4, -0.2) is 48.2 Å². The molecule has 10 heteroatoms. The molecule has 0 aliphatic rings. The van der Waals surface area contributed by atoms with Crippen LogP contribution in [0.4, 0.5) is 0 Å². The van der Waals surface area contributed by atoms with E-state index in [-0.39, 0.29) is 0 Å². The second-order valence-corrected chi connectivity index (χ2v) is 20.7. The molecule has 0 unspecified atom stereocenters. The van der Waals surface area contributed by atoms with E-state index in [1.54, 1.807) is 0 Å². The predicted molar refractivity (Wildman–Crippen MR) is 332 cm³/mol. The summed E-state index contributed by atoms with van der Waals surface area (Å²) in [4.78, 5) is 31.1.